The molecule has 1 aliphatic heterocycles. The minimum Gasteiger partial charge on any atom is -0.481 e. The zero-order valence-corrected chi connectivity index (χ0v) is 14.7. The first-order valence-corrected chi connectivity index (χ1v) is 9.07. The largest absolute Gasteiger partial charge is 0.481 e. The van der Waals surface area contributed by atoms with Crippen LogP contribution in [-0.4, -0.2) is 49.5 Å². The molecule has 1 saturated heterocycles. The highest BCUT2D eigenvalue weighted by Crippen LogP contribution is 2.30. The van der Waals surface area contributed by atoms with Crippen LogP contribution in [0.5, 0.6) is 0 Å². The molecule has 0 saturated carbocycles. The van der Waals surface area contributed by atoms with Crippen LogP contribution in [0.3, 0.4) is 0 Å². The van der Waals surface area contributed by atoms with Gasteiger partial charge in [0, 0.05) is 12.6 Å². The van der Waals surface area contributed by atoms with Gasteiger partial charge in [-0.3, -0.25) is 4.79 Å². The summed E-state index contributed by atoms with van der Waals surface area (Å²) >= 11 is 0. The topological polar surface area (TPSA) is 101 Å². The van der Waals surface area contributed by atoms with E-state index in [1.807, 2.05) is 0 Å². The van der Waals surface area contributed by atoms with Crippen molar-refractivity contribution in [2.24, 2.45) is 5.92 Å². The molecule has 0 unspecified atom stereocenters. The van der Waals surface area contributed by atoms with Gasteiger partial charge < -0.3 is 9.84 Å². The molecule has 1 aliphatic rings. The molecule has 1 N–H and O–H groups in total. The third-order valence-electron chi connectivity index (χ3n) is 4.47. The van der Waals surface area contributed by atoms with Crippen molar-refractivity contribution in [1.82, 2.24) is 4.31 Å². The van der Waals surface area contributed by atoms with Crippen LogP contribution >= 0.6 is 0 Å². The first-order valence-electron chi connectivity index (χ1n) is 7.63. The number of hydrogen-bond acceptors (Lipinski definition) is 5. The summed E-state index contributed by atoms with van der Waals surface area (Å²) in [5.41, 5.74) is 0.786. The molecule has 1 fully saturated rings. The molecule has 24 heavy (non-hydrogen) atoms. The van der Waals surface area contributed by atoms with Gasteiger partial charge in [0.05, 0.1) is 23.5 Å². The Kier molecular flexibility index (Phi) is 5.29. The van der Waals surface area contributed by atoms with E-state index in [1.54, 1.807) is 19.9 Å². The van der Waals surface area contributed by atoms with Crippen LogP contribution in [0, 0.1) is 12.8 Å². The lowest BCUT2D eigenvalue weighted by atomic mass is 9.92. The van der Waals surface area contributed by atoms with E-state index in [0.29, 0.717) is 18.4 Å². The highest BCUT2D eigenvalue weighted by molar-refractivity contribution is 7.89. The number of hydrogen-bond donors (Lipinski definition) is 1. The van der Waals surface area contributed by atoms with Crippen LogP contribution in [0.4, 0.5) is 0 Å². The highest BCUT2D eigenvalue weighted by Gasteiger charge is 2.39. The number of aryl methyl sites for hydroxylation is 1. The smallest absolute Gasteiger partial charge is 0.338 e. The third-order valence-corrected chi connectivity index (χ3v) is 6.45. The molecule has 0 amide bonds. The summed E-state index contributed by atoms with van der Waals surface area (Å²) in [6.45, 7) is 3.55. The van der Waals surface area contributed by atoms with Crippen LogP contribution < -0.4 is 0 Å². The van der Waals surface area contributed by atoms with Gasteiger partial charge in [-0.2, -0.15) is 4.31 Å². The molecule has 0 radical (unpaired) electrons. The number of rotatable bonds is 4. The lowest BCUT2D eigenvalue weighted by Crippen LogP contribution is -2.49. The monoisotopic (exact) mass is 355 g/mol. The molecule has 0 aromatic heterocycles. The number of carboxylic acid groups (broad SMARTS) is 1. The van der Waals surface area contributed by atoms with Crippen molar-refractivity contribution in [3.05, 3.63) is 29.3 Å². The zero-order chi connectivity index (χ0) is 18.1. The Morgan fingerprint density at radius 2 is 2.00 bits per heavy atom. The van der Waals surface area contributed by atoms with E-state index in [1.165, 1.54) is 23.5 Å². The van der Waals surface area contributed by atoms with Gasteiger partial charge in [-0.25, -0.2) is 13.2 Å². The predicted molar refractivity (Wildman–Crippen MR) is 86.2 cm³/mol. The van der Waals surface area contributed by atoms with E-state index in [-0.39, 0.29) is 17.0 Å². The number of benzene rings is 1. The van der Waals surface area contributed by atoms with E-state index < -0.39 is 33.9 Å². The fourth-order valence-electron chi connectivity index (χ4n) is 3.01. The Balaban J connectivity index is 2.43. The van der Waals surface area contributed by atoms with Crippen molar-refractivity contribution < 1.29 is 27.9 Å². The number of carboxylic acids is 1. The predicted octanol–water partition coefficient (Wildman–Crippen LogP) is 1.66. The average molecular weight is 355 g/mol. The molecule has 132 valence electrons. The Bertz CT molecular complexity index is 758. The molecule has 2 rings (SSSR count). The maximum Gasteiger partial charge on any atom is 0.338 e. The molecule has 0 bridgehead atoms. The number of methoxy groups -OCH3 is 1. The molecule has 2 atom stereocenters. The molecular formula is C16H21NO6S. The molecule has 1 aromatic rings. The number of esters is 1. The Hall–Kier alpha value is -1.93. The van der Waals surface area contributed by atoms with E-state index in [4.69, 9.17) is 0 Å². The molecular weight excluding hydrogens is 334 g/mol. The molecule has 0 aliphatic carbocycles. The van der Waals surface area contributed by atoms with Crippen LogP contribution in [0.1, 0.15) is 35.7 Å². The van der Waals surface area contributed by atoms with Gasteiger partial charge in [0.25, 0.3) is 0 Å². The SMILES string of the molecule is COC(=O)c1cc(S(=O)(=O)N2CCC[C@H](C(=O)O)[C@@H]2C)ccc1C. The summed E-state index contributed by atoms with van der Waals surface area (Å²) in [5.74, 6) is -2.35. The van der Waals surface area contributed by atoms with Crippen molar-refractivity contribution >= 4 is 22.0 Å². The molecule has 7 nitrogen and oxygen atoms in total. The van der Waals surface area contributed by atoms with E-state index in [2.05, 4.69) is 4.74 Å². The average Bonchev–Trinajstić information content (AvgIpc) is 2.54. The molecule has 8 heteroatoms. The molecule has 0 spiro atoms. The summed E-state index contributed by atoms with van der Waals surface area (Å²) < 4.78 is 31.7. The van der Waals surface area contributed by atoms with E-state index in [0.717, 1.165) is 0 Å². The number of ether oxygens (including phenoxy) is 1. The number of carbonyl (C=O) groups is 2. The standard InChI is InChI=1S/C16H21NO6S/c1-10-6-7-12(9-14(10)16(20)23-3)24(21,22)17-8-4-5-13(11(17)2)15(18)19/h6-7,9,11,13H,4-5,8H2,1-3H3,(H,18,19)/t11-,13-/m0/s1. The number of sulfonamides is 1. The lowest BCUT2D eigenvalue weighted by molar-refractivity contribution is -0.144. The van der Waals surface area contributed by atoms with E-state index >= 15 is 0 Å². The van der Waals surface area contributed by atoms with Crippen molar-refractivity contribution in [3.8, 4) is 0 Å². The van der Waals surface area contributed by atoms with Crippen molar-refractivity contribution in [1.29, 1.82) is 0 Å². The fourth-order valence-corrected chi connectivity index (χ4v) is 4.74. The minimum absolute atomic E-state index is 0.0358. The van der Waals surface area contributed by atoms with Crippen molar-refractivity contribution in [3.63, 3.8) is 0 Å². The summed E-state index contributed by atoms with van der Waals surface area (Å²) in [5, 5.41) is 9.27. The van der Waals surface area contributed by atoms with Crippen molar-refractivity contribution in [2.45, 2.75) is 37.6 Å². The summed E-state index contributed by atoms with van der Waals surface area (Å²) in [7, 11) is -2.67. The van der Waals surface area contributed by atoms with Gasteiger partial charge in [-0.1, -0.05) is 6.07 Å². The first-order chi connectivity index (χ1) is 11.2. The number of carbonyl (C=O) groups excluding carboxylic acids is 1. The number of aliphatic carboxylic acids is 1. The van der Waals surface area contributed by atoms with Crippen molar-refractivity contribution in [2.75, 3.05) is 13.7 Å². The van der Waals surface area contributed by atoms with Gasteiger partial charge >= 0.3 is 11.9 Å². The van der Waals surface area contributed by atoms with Gasteiger partial charge in [0.1, 0.15) is 0 Å². The van der Waals surface area contributed by atoms with Gasteiger partial charge in [0.2, 0.25) is 10.0 Å². The summed E-state index contributed by atoms with van der Waals surface area (Å²) in [6, 6.07) is 3.61. The maximum atomic E-state index is 12.9. The Morgan fingerprint density at radius 1 is 1.33 bits per heavy atom. The zero-order valence-electron chi connectivity index (χ0n) is 13.9. The van der Waals surface area contributed by atoms with Crippen LogP contribution in [0.25, 0.3) is 0 Å². The summed E-state index contributed by atoms with van der Waals surface area (Å²) in [6.07, 6.45) is 0.931. The van der Waals surface area contributed by atoms with Crippen LogP contribution in [-0.2, 0) is 19.6 Å². The highest BCUT2D eigenvalue weighted by atomic mass is 32.2. The number of nitrogens with zero attached hydrogens (tertiary/aromatic N) is 1. The van der Waals surface area contributed by atoms with Crippen LogP contribution in [0.2, 0.25) is 0 Å². The van der Waals surface area contributed by atoms with Crippen LogP contribution in [0.15, 0.2) is 23.1 Å². The minimum atomic E-state index is -3.90. The van der Waals surface area contributed by atoms with Gasteiger partial charge in [0.15, 0.2) is 0 Å². The lowest BCUT2D eigenvalue weighted by Gasteiger charge is -2.36. The maximum absolute atomic E-state index is 12.9. The number of piperidine rings is 1. The normalized spacial score (nSPS) is 22.1. The second kappa shape index (κ2) is 6.90. The third kappa shape index (κ3) is 3.29. The Labute approximate surface area is 141 Å². The first kappa shape index (κ1) is 18.4. The second-order valence-electron chi connectivity index (χ2n) is 5.91. The molecule has 1 heterocycles. The quantitative estimate of drug-likeness (QED) is 0.824. The molecule has 1 aromatic carbocycles. The Morgan fingerprint density at radius 3 is 2.58 bits per heavy atom. The van der Waals surface area contributed by atoms with E-state index in [9.17, 15) is 23.1 Å². The van der Waals surface area contributed by atoms with Gasteiger partial charge in [-0.05, 0) is 44.4 Å². The summed E-state index contributed by atoms with van der Waals surface area (Å²) in [4.78, 5) is 23.1. The van der Waals surface area contributed by atoms with Gasteiger partial charge in [-0.15, -0.1) is 0 Å². The second-order valence-corrected chi connectivity index (χ2v) is 7.80. The fraction of sp³-hybridized carbons (Fsp3) is 0.500.